The molecule has 0 aromatic heterocycles. The van der Waals surface area contributed by atoms with Crippen molar-refractivity contribution in [2.75, 3.05) is 0 Å². The van der Waals surface area contributed by atoms with Crippen molar-refractivity contribution in [1.29, 1.82) is 0 Å². The van der Waals surface area contributed by atoms with E-state index in [1.807, 2.05) is 0 Å². The third-order valence-corrected chi connectivity index (χ3v) is 0.400. The molecule has 36 valence electrons. The lowest BCUT2D eigenvalue weighted by Gasteiger charge is -1.80. The molecule has 2 nitrogen and oxygen atoms in total. The summed E-state index contributed by atoms with van der Waals surface area (Å²) in [7, 11) is 5.01. The molecule has 0 heterocycles. The van der Waals surface area contributed by atoms with E-state index in [4.69, 9.17) is 19.3 Å². The zero-order valence-corrected chi connectivity index (χ0v) is 3.96. The topological polar surface area (TPSA) is 52.0 Å². The molecular formula is C4H7BN2. The quantitative estimate of drug-likeness (QED) is 0.337. The van der Waals surface area contributed by atoms with Crippen LogP contribution in [0.3, 0.4) is 0 Å². The van der Waals surface area contributed by atoms with Gasteiger partial charge in [0.05, 0.1) is 0 Å². The standard InChI is InChI=1S/C4H7BN2/c5-4(7)2-1-3-6/h1-3H,6-7H2/b3-1-,4-2-. The van der Waals surface area contributed by atoms with Crippen LogP contribution < -0.4 is 11.5 Å². The average molecular weight is 93.9 g/mol. The molecule has 0 saturated heterocycles. The van der Waals surface area contributed by atoms with Crippen LogP contribution in [-0.2, 0) is 0 Å². The van der Waals surface area contributed by atoms with Crippen molar-refractivity contribution in [3.63, 3.8) is 0 Å². The van der Waals surface area contributed by atoms with Crippen LogP contribution >= 0.6 is 0 Å². The summed E-state index contributed by atoms with van der Waals surface area (Å²) in [5.41, 5.74) is 10.2. The second-order valence-corrected chi connectivity index (χ2v) is 1.05. The van der Waals surface area contributed by atoms with Crippen LogP contribution in [0.5, 0.6) is 0 Å². The average Bonchev–Trinajstić information content (AvgIpc) is 1.61. The van der Waals surface area contributed by atoms with Crippen molar-refractivity contribution >= 4 is 7.85 Å². The van der Waals surface area contributed by atoms with Gasteiger partial charge in [0.25, 0.3) is 0 Å². The highest BCUT2D eigenvalue weighted by molar-refractivity contribution is 6.21. The van der Waals surface area contributed by atoms with Crippen molar-refractivity contribution in [2.45, 2.75) is 0 Å². The van der Waals surface area contributed by atoms with Gasteiger partial charge >= 0.3 is 0 Å². The molecule has 0 aliphatic carbocycles. The number of hydrogen-bond acceptors (Lipinski definition) is 2. The summed E-state index contributed by atoms with van der Waals surface area (Å²) in [6.07, 6.45) is 4.44. The number of rotatable bonds is 1. The molecule has 7 heavy (non-hydrogen) atoms. The second kappa shape index (κ2) is 3.34. The second-order valence-electron chi connectivity index (χ2n) is 1.05. The van der Waals surface area contributed by atoms with E-state index in [0.29, 0.717) is 0 Å². The molecular weight excluding hydrogens is 86.9 g/mol. The van der Waals surface area contributed by atoms with Crippen molar-refractivity contribution in [3.8, 4) is 0 Å². The van der Waals surface area contributed by atoms with Crippen molar-refractivity contribution in [1.82, 2.24) is 0 Å². The minimum absolute atomic E-state index is 0.265. The first kappa shape index (κ1) is 6.14. The van der Waals surface area contributed by atoms with Gasteiger partial charge in [0.1, 0.15) is 7.85 Å². The van der Waals surface area contributed by atoms with Crippen LogP contribution in [0.1, 0.15) is 0 Å². The lowest BCUT2D eigenvalue weighted by Crippen LogP contribution is -1.93. The zero-order chi connectivity index (χ0) is 5.70. The Labute approximate surface area is 44.3 Å². The Kier molecular flexibility index (Phi) is 2.93. The van der Waals surface area contributed by atoms with Crippen LogP contribution in [-0.4, -0.2) is 7.85 Å². The van der Waals surface area contributed by atoms with Crippen molar-refractivity contribution in [2.24, 2.45) is 11.5 Å². The molecule has 4 N–H and O–H groups in total. The van der Waals surface area contributed by atoms with Gasteiger partial charge in [0.15, 0.2) is 0 Å². The van der Waals surface area contributed by atoms with E-state index in [-0.39, 0.29) is 5.60 Å². The minimum Gasteiger partial charge on any atom is -0.411 e. The number of allylic oxidation sites excluding steroid dienone is 2. The molecule has 0 aliphatic heterocycles. The van der Waals surface area contributed by atoms with Gasteiger partial charge < -0.3 is 11.5 Å². The van der Waals surface area contributed by atoms with E-state index in [9.17, 15) is 0 Å². The summed E-state index contributed by atoms with van der Waals surface area (Å²) in [5, 5.41) is 0. The maximum Gasteiger partial charge on any atom is 0.137 e. The predicted octanol–water partition coefficient (Wildman–Crippen LogP) is -0.573. The van der Waals surface area contributed by atoms with Gasteiger partial charge in [-0.25, -0.2) is 0 Å². The molecule has 2 radical (unpaired) electrons. The van der Waals surface area contributed by atoms with Crippen LogP contribution in [0.4, 0.5) is 0 Å². The van der Waals surface area contributed by atoms with Crippen molar-refractivity contribution in [3.05, 3.63) is 23.9 Å². The van der Waals surface area contributed by atoms with Gasteiger partial charge in [-0.1, -0.05) is 6.08 Å². The minimum atomic E-state index is 0.265. The largest absolute Gasteiger partial charge is 0.411 e. The van der Waals surface area contributed by atoms with E-state index < -0.39 is 0 Å². The summed E-state index contributed by atoms with van der Waals surface area (Å²) in [5.74, 6) is 0. The van der Waals surface area contributed by atoms with E-state index >= 15 is 0 Å². The van der Waals surface area contributed by atoms with Crippen LogP contribution in [0.2, 0.25) is 0 Å². The Morgan fingerprint density at radius 1 is 1.57 bits per heavy atom. The van der Waals surface area contributed by atoms with Gasteiger partial charge in [-0.15, -0.1) is 0 Å². The predicted molar refractivity (Wildman–Crippen MR) is 31.4 cm³/mol. The van der Waals surface area contributed by atoms with E-state index in [2.05, 4.69) is 0 Å². The summed E-state index contributed by atoms with van der Waals surface area (Å²) in [6.45, 7) is 0. The first-order valence-corrected chi connectivity index (χ1v) is 1.87. The highest BCUT2D eigenvalue weighted by Gasteiger charge is 1.65. The molecule has 0 aliphatic rings. The highest BCUT2D eigenvalue weighted by atomic mass is 14.5. The fraction of sp³-hybridized carbons (Fsp3) is 0. The SMILES string of the molecule is [B]/C(N)=C/C=C\N. The third-order valence-electron chi connectivity index (χ3n) is 0.400. The Balaban J connectivity index is 3.46. The van der Waals surface area contributed by atoms with E-state index in [1.165, 1.54) is 12.3 Å². The summed E-state index contributed by atoms with van der Waals surface area (Å²) in [4.78, 5) is 0. The molecule has 0 fully saturated rings. The van der Waals surface area contributed by atoms with Crippen LogP contribution in [0.25, 0.3) is 0 Å². The number of nitrogens with two attached hydrogens (primary N) is 2. The lowest BCUT2D eigenvalue weighted by molar-refractivity contribution is 1.52. The molecule has 0 amide bonds. The molecule has 3 heteroatoms. The first-order chi connectivity index (χ1) is 3.27. The van der Waals surface area contributed by atoms with E-state index in [0.717, 1.165) is 0 Å². The Morgan fingerprint density at radius 3 is 2.29 bits per heavy atom. The number of hydrogen-bond donors (Lipinski definition) is 2. The fourth-order valence-corrected chi connectivity index (χ4v) is 0.167. The fourth-order valence-electron chi connectivity index (χ4n) is 0.167. The van der Waals surface area contributed by atoms with E-state index in [1.54, 1.807) is 6.08 Å². The summed E-state index contributed by atoms with van der Waals surface area (Å²) >= 11 is 0. The molecule has 0 aromatic carbocycles. The summed E-state index contributed by atoms with van der Waals surface area (Å²) < 4.78 is 0. The van der Waals surface area contributed by atoms with Gasteiger partial charge in [-0.2, -0.15) is 0 Å². The third kappa shape index (κ3) is 5.14. The highest BCUT2D eigenvalue weighted by Crippen LogP contribution is 1.72. The van der Waals surface area contributed by atoms with Crippen LogP contribution in [0, 0.1) is 0 Å². The molecule has 0 aromatic rings. The van der Waals surface area contributed by atoms with Gasteiger partial charge in [-0.05, 0) is 17.9 Å². The first-order valence-electron chi connectivity index (χ1n) is 1.87. The van der Waals surface area contributed by atoms with Gasteiger partial charge in [0.2, 0.25) is 0 Å². The molecule has 0 spiro atoms. The molecule has 0 unspecified atom stereocenters. The Hall–Kier alpha value is -0.855. The molecule has 0 bridgehead atoms. The maximum absolute atomic E-state index is 5.01. The van der Waals surface area contributed by atoms with Gasteiger partial charge in [-0.3, -0.25) is 0 Å². The molecule has 0 atom stereocenters. The smallest absolute Gasteiger partial charge is 0.137 e. The lowest BCUT2D eigenvalue weighted by atomic mass is 10.1. The zero-order valence-electron chi connectivity index (χ0n) is 3.96. The van der Waals surface area contributed by atoms with Crippen LogP contribution in [0.15, 0.2) is 23.9 Å². The normalized spacial score (nSPS) is 12.9. The maximum atomic E-state index is 5.01. The monoisotopic (exact) mass is 94.1 g/mol. The van der Waals surface area contributed by atoms with Crippen molar-refractivity contribution < 1.29 is 0 Å². The van der Waals surface area contributed by atoms with Gasteiger partial charge in [0, 0.05) is 0 Å². The Bertz CT molecular complexity index is 91.9. The summed E-state index contributed by atoms with van der Waals surface area (Å²) in [6, 6.07) is 0. The molecule has 0 rings (SSSR count). The Morgan fingerprint density at radius 2 is 2.14 bits per heavy atom. The molecule has 0 saturated carbocycles.